The summed E-state index contributed by atoms with van der Waals surface area (Å²) in [6.07, 6.45) is -3.65. The fourth-order valence-corrected chi connectivity index (χ4v) is 3.27. The van der Waals surface area contributed by atoms with Crippen molar-refractivity contribution < 1.29 is 17.9 Å². The minimum Gasteiger partial charge on any atom is -0.439 e. The maximum atomic E-state index is 12.9. The van der Waals surface area contributed by atoms with E-state index in [2.05, 4.69) is 9.97 Å². The Bertz CT molecular complexity index is 943. The lowest BCUT2D eigenvalue weighted by molar-refractivity contribution is -0.137. The summed E-state index contributed by atoms with van der Waals surface area (Å²) in [5.41, 5.74) is 1.84. The van der Waals surface area contributed by atoms with Crippen molar-refractivity contribution in [1.29, 1.82) is 0 Å². The number of aryl methyl sites for hydroxylation is 2. The third-order valence-electron chi connectivity index (χ3n) is 3.96. The van der Waals surface area contributed by atoms with E-state index in [0.29, 0.717) is 34.5 Å². The largest absolute Gasteiger partial charge is 0.439 e. The number of nitrogens with zero attached hydrogens (tertiary/aromatic N) is 2. The van der Waals surface area contributed by atoms with E-state index >= 15 is 0 Å². The van der Waals surface area contributed by atoms with E-state index in [0.717, 1.165) is 23.4 Å². The molecule has 0 atom stereocenters. The van der Waals surface area contributed by atoms with Gasteiger partial charge in [-0.05, 0) is 37.1 Å². The van der Waals surface area contributed by atoms with Crippen molar-refractivity contribution in [3.8, 4) is 11.6 Å². The van der Waals surface area contributed by atoms with E-state index in [1.54, 1.807) is 12.1 Å². The molecule has 28 heavy (non-hydrogen) atoms. The van der Waals surface area contributed by atoms with Crippen LogP contribution in [-0.2, 0) is 18.3 Å². The maximum absolute atomic E-state index is 12.9. The van der Waals surface area contributed by atoms with E-state index in [4.69, 9.17) is 4.74 Å². The predicted octanol–water partition coefficient (Wildman–Crippen LogP) is 6.45. The fourth-order valence-electron chi connectivity index (χ4n) is 2.46. The van der Waals surface area contributed by atoms with Gasteiger partial charge in [-0.2, -0.15) is 18.2 Å². The minimum atomic E-state index is -4.35. The Kier molecular flexibility index (Phi) is 6.24. The number of hydrogen-bond donors (Lipinski definition) is 0. The molecule has 7 heteroatoms. The molecule has 3 aromatic rings. The summed E-state index contributed by atoms with van der Waals surface area (Å²) < 4.78 is 44.4. The Hall–Kier alpha value is -2.54. The molecule has 146 valence electrons. The average Bonchev–Trinajstić information content (AvgIpc) is 2.67. The van der Waals surface area contributed by atoms with Gasteiger partial charge in [-0.25, -0.2) is 4.98 Å². The van der Waals surface area contributed by atoms with Gasteiger partial charge in [0.1, 0.15) is 5.75 Å². The summed E-state index contributed by atoms with van der Waals surface area (Å²) in [7, 11) is 0. The number of ether oxygens (including phenoxy) is 1. The van der Waals surface area contributed by atoms with Crippen LogP contribution in [0.25, 0.3) is 0 Å². The third-order valence-corrected chi connectivity index (χ3v) is 4.88. The highest BCUT2D eigenvalue weighted by Gasteiger charge is 2.30. The van der Waals surface area contributed by atoms with Crippen LogP contribution in [0, 0.1) is 6.92 Å². The summed E-state index contributed by atoms with van der Waals surface area (Å²) in [5.74, 6) is 1.42. The highest BCUT2D eigenvalue weighted by atomic mass is 32.2. The van der Waals surface area contributed by atoms with Gasteiger partial charge < -0.3 is 4.74 Å². The Morgan fingerprint density at radius 1 is 1.00 bits per heavy atom. The summed E-state index contributed by atoms with van der Waals surface area (Å²) >= 11 is 1.28. The first-order valence-corrected chi connectivity index (χ1v) is 9.73. The highest BCUT2D eigenvalue weighted by molar-refractivity contribution is 7.98. The second-order valence-electron chi connectivity index (χ2n) is 6.24. The van der Waals surface area contributed by atoms with Crippen molar-refractivity contribution in [2.75, 3.05) is 0 Å². The van der Waals surface area contributed by atoms with Crippen molar-refractivity contribution in [3.63, 3.8) is 0 Å². The van der Waals surface area contributed by atoms with Gasteiger partial charge in [0.05, 0.1) is 5.56 Å². The van der Waals surface area contributed by atoms with Crippen molar-refractivity contribution in [1.82, 2.24) is 9.97 Å². The van der Waals surface area contributed by atoms with E-state index in [-0.39, 0.29) is 0 Å². The maximum Gasteiger partial charge on any atom is 0.416 e. The summed E-state index contributed by atoms with van der Waals surface area (Å²) in [6, 6.07) is 14.7. The molecule has 0 aliphatic carbocycles. The second kappa shape index (κ2) is 8.65. The molecule has 0 N–H and O–H groups in total. The molecule has 1 aromatic heterocycles. The van der Waals surface area contributed by atoms with Crippen LogP contribution in [0.3, 0.4) is 0 Å². The molecule has 0 saturated carbocycles. The molecule has 0 unspecified atom stereocenters. The van der Waals surface area contributed by atoms with Gasteiger partial charge in [0.2, 0.25) is 5.88 Å². The zero-order chi connectivity index (χ0) is 20.1. The van der Waals surface area contributed by atoms with Crippen molar-refractivity contribution in [2.45, 2.75) is 37.4 Å². The molecule has 0 aliphatic heterocycles. The molecular weight excluding hydrogens is 385 g/mol. The van der Waals surface area contributed by atoms with Gasteiger partial charge in [0.15, 0.2) is 5.16 Å². The van der Waals surface area contributed by atoms with E-state index in [9.17, 15) is 13.2 Å². The van der Waals surface area contributed by atoms with Crippen molar-refractivity contribution in [2.24, 2.45) is 0 Å². The lowest BCUT2D eigenvalue weighted by Crippen LogP contribution is -2.05. The van der Waals surface area contributed by atoms with Crippen LogP contribution in [0.5, 0.6) is 11.6 Å². The lowest BCUT2D eigenvalue weighted by atomic mass is 10.1. The topological polar surface area (TPSA) is 35.0 Å². The Morgan fingerprint density at radius 3 is 2.43 bits per heavy atom. The predicted molar refractivity (Wildman–Crippen MR) is 104 cm³/mol. The smallest absolute Gasteiger partial charge is 0.416 e. The molecule has 2 aromatic carbocycles. The van der Waals surface area contributed by atoms with Gasteiger partial charge >= 0.3 is 6.18 Å². The lowest BCUT2D eigenvalue weighted by Gasteiger charge is -2.10. The minimum absolute atomic E-state index is 0.334. The molecule has 3 rings (SSSR count). The number of aromatic nitrogens is 2. The zero-order valence-electron chi connectivity index (χ0n) is 15.5. The first-order chi connectivity index (χ1) is 13.3. The van der Waals surface area contributed by atoms with E-state index in [1.165, 1.54) is 17.8 Å². The van der Waals surface area contributed by atoms with Crippen LogP contribution >= 0.6 is 11.8 Å². The summed E-state index contributed by atoms with van der Waals surface area (Å²) in [6.45, 7) is 3.96. The molecular formula is C21H19F3N2OS. The summed E-state index contributed by atoms with van der Waals surface area (Å²) in [4.78, 5) is 8.84. The number of rotatable bonds is 6. The van der Waals surface area contributed by atoms with Gasteiger partial charge in [-0.3, -0.25) is 0 Å². The molecule has 0 radical (unpaired) electrons. The molecule has 0 spiro atoms. The first-order valence-electron chi connectivity index (χ1n) is 8.75. The Balaban J connectivity index is 1.76. The molecule has 0 fully saturated rings. The van der Waals surface area contributed by atoms with Crippen molar-refractivity contribution in [3.05, 3.63) is 77.0 Å². The number of hydrogen-bond acceptors (Lipinski definition) is 4. The number of halogens is 3. The van der Waals surface area contributed by atoms with Crippen molar-refractivity contribution >= 4 is 11.8 Å². The van der Waals surface area contributed by atoms with Gasteiger partial charge in [0.25, 0.3) is 0 Å². The van der Waals surface area contributed by atoms with Crippen LogP contribution in [0.15, 0.2) is 59.8 Å². The third kappa shape index (κ3) is 5.48. The van der Waals surface area contributed by atoms with Gasteiger partial charge in [-0.15, -0.1) is 0 Å². The van der Waals surface area contributed by atoms with Crippen LogP contribution in [0.4, 0.5) is 13.2 Å². The van der Waals surface area contributed by atoms with Gasteiger partial charge in [-0.1, -0.05) is 54.6 Å². The monoisotopic (exact) mass is 404 g/mol. The first kappa shape index (κ1) is 20.2. The second-order valence-corrected chi connectivity index (χ2v) is 7.18. The normalized spacial score (nSPS) is 11.5. The molecule has 0 bridgehead atoms. The van der Waals surface area contributed by atoms with Crippen LogP contribution in [-0.4, -0.2) is 9.97 Å². The van der Waals surface area contributed by atoms with E-state index in [1.807, 2.05) is 38.1 Å². The van der Waals surface area contributed by atoms with E-state index < -0.39 is 11.7 Å². The molecule has 0 amide bonds. The Morgan fingerprint density at radius 2 is 1.75 bits per heavy atom. The van der Waals surface area contributed by atoms with Crippen LogP contribution in [0.2, 0.25) is 0 Å². The average molecular weight is 404 g/mol. The SMILES string of the molecule is CCc1cc(Oc2ccc(C)cc2)nc(SCc2cccc(C(F)(F)F)c2)n1. The molecule has 0 saturated heterocycles. The standard InChI is InChI=1S/C21H19F3N2OS/c1-3-17-12-19(27-18-9-7-14(2)8-10-18)26-20(25-17)28-13-15-5-4-6-16(11-15)21(22,23)24/h4-12H,3,13H2,1-2H3. The molecule has 1 heterocycles. The quantitative estimate of drug-likeness (QED) is 0.349. The van der Waals surface area contributed by atoms with Crippen LogP contribution < -0.4 is 4.74 Å². The number of thioether (sulfide) groups is 1. The number of alkyl halides is 3. The molecule has 0 aliphatic rings. The molecule has 3 nitrogen and oxygen atoms in total. The van der Waals surface area contributed by atoms with Gasteiger partial charge in [0, 0.05) is 17.5 Å². The fraction of sp³-hybridized carbons (Fsp3) is 0.238. The Labute approximate surface area is 166 Å². The highest BCUT2D eigenvalue weighted by Crippen LogP contribution is 2.31. The zero-order valence-corrected chi connectivity index (χ0v) is 16.3. The summed E-state index contributed by atoms with van der Waals surface area (Å²) in [5, 5.41) is 0.471. The number of benzene rings is 2. The van der Waals surface area contributed by atoms with Crippen LogP contribution in [0.1, 0.15) is 29.3 Å².